The van der Waals surface area contributed by atoms with E-state index < -0.39 is 0 Å². The molecule has 1 saturated carbocycles. The van der Waals surface area contributed by atoms with Crippen LogP contribution in [0.1, 0.15) is 29.8 Å². The first kappa shape index (κ1) is 21.9. The molecule has 8 heteroatoms. The van der Waals surface area contributed by atoms with Crippen LogP contribution in [0, 0.1) is 5.92 Å². The lowest BCUT2D eigenvalue weighted by atomic mass is 10.00. The highest BCUT2D eigenvalue weighted by molar-refractivity contribution is 6.03. The van der Waals surface area contributed by atoms with Gasteiger partial charge in [0.1, 0.15) is 17.7 Å². The van der Waals surface area contributed by atoms with Gasteiger partial charge < -0.3 is 14.0 Å². The molecule has 5 heterocycles. The number of pyridine rings is 2. The topological polar surface area (TPSA) is 81.7 Å². The molecule has 0 unspecified atom stereocenters. The molecular formula is C29H27N7O. The Hall–Kier alpha value is -4.33. The highest BCUT2D eigenvalue weighted by Crippen LogP contribution is 2.34. The number of benzene rings is 1. The predicted octanol–water partition coefficient (Wildman–Crippen LogP) is 4.91. The molecule has 37 heavy (non-hydrogen) atoms. The maximum Gasteiger partial charge on any atom is 0.270 e. The molecule has 1 aromatic carbocycles. The summed E-state index contributed by atoms with van der Waals surface area (Å²) in [5, 5.41) is 9.50. The average Bonchev–Trinajstić information content (AvgIpc) is 3.51. The Kier molecular flexibility index (Phi) is 5.13. The minimum atomic E-state index is 0.0329. The molecule has 1 fully saturated rings. The van der Waals surface area contributed by atoms with E-state index in [2.05, 4.69) is 55.1 Å². The third-order valence-corrected chi connectivity index (χ3v) is 7.64. The molecule has 0 atom stereocenters. The van der Waals surface area contributed by atoms with E-state index in [-0.39, 0.29) is 5.91 Å². The van der Waals surface area contributed by atoms with E-state index in [1.54, 1.807) is 4.90 Å². The number of nitrogens with zero attached hydrogens (tertiary/aromatic N) is 7. The average molecular weight is 490 g/mol. The summed E-state index contributed by atoms with van der Waals surface area (Å²) in [7, 11) is 1.84. The first-order valence-electron chi connectivity index (χ1n) is 12.8. The van der Waals surface area contributed by atoms with Gasteiger partial charge in [0.2, 0.25) is 0 Å². The van der Waals surface area contributed by atoms with Crippen LogP contribution in [0.25, 0.3) is 44.7 Å². The van der Waals surface area contributed by atoms with Gasteiger partial charge in [-0.25, -0.2) is 4.98 Å². The van der Waals surface area contributed by atoms with Crippen LogP contribution in [0.5, 0.6) is 0 Å². The molecule has 0 N–H and O–H groups in total. The number of carbonyl (C=O) groups is 1. The maximum absolute atomic E-state index is 12.7. The fraction of sp³-hybridized carbons (Fsp3) is 0.276. The van der Waals surface area contributed by atoms with Gasteiger partial charge in [0.25, 0.3) is 5.91 Å². The summed E-state index contributed by atoms with van der Waals surface area (Å²) in [4.78, 5) is 23.7. The first-order chi connectivity index (χ1) is 18.2. The van der Waals surface area contributed by atoms with Crippen LogP contribution < -0.4 is 0 Å². The van der Waals surface area contributed by atoms with Crippen LogP contribution in [0.15, 0.2) is 67.4 Å². The fourth-order valence-corrected chi connectivity index (χ4v) is 5.28. The van der Waals surface area contributed by atoms with Gasteiger partial charge in [0.05, 0.1) is 0 Å². The molecule has 5 aromatic rings. The highest BCUT2D eigenvalue weighted by atomic mass is 16.2. The lowest BCUT2D eigenvalue weighted by molar-refractivity contribution is 0.0751. The van der Waals surface area contributed by atoms with Gasteiger partial charge in [-0.05, 0) is 41.7 Å². The van der Waals surface area contributed by atoms with E-state index in [9.17, 15) is 4.79 Å². The van der Waals surface area contributed by atoms with Crippen molar-refractivity contribution >= 4 is 16.9 Å². The van der Waals surface area contributed by atoms with Gasteiger partial charge in [-0.2, -0.15) is 0 Å². The van der Waals surface area contributed by atoms with E-state index in [1.807, 2.05) is 48.7 Å². The summed E-state index contributed by atoms with van der Waals surface area (Å²) in [5.41, 5.74) is 6.73. The van der Waals surface area contributed by atoms with Crippen molar-refractivity contribution in [3.63, 3.8) is 0 Å². The predicted molar refractivity (Wildman–Crippen MR) is 142 cm³/mol. The largest absolute Gasteiger partial charge is 0.339 e. The summed E-state index contributed by atoms with van der Waals surface area (Å²) in [6.07, 6.45) is 11.3. The third kappa shape index (κ3) is 3.89. The summed E-state index contributed by atoms with van der Waals surface area (Å²) in [6, 6.07) is 14.6. The lowest BCUT2D eigenvalue weighted by Gasteiger charge is -2.24. The summed E-state index contributed by atoms with van der Waals surface area (Å²) < 4.78 is 4.19. The van der Waals surface area contributed by atoms with Gasteiger partial charge in [0, 0.05) is 67.3 Å². The molecule has 0 saturated heterocycles. The van der Waals surface area contributed by atoms with Gasteiger partial charge >= 0.3 is 0 Å². The molecule has 1 aliphatic heterocycles. The Bertz CT molecular complexity index is 1630. The molecule has 184 valence electrons. The molecule has 1 amide bonds. The first-order valence-corrected chi connectivity index (χ1v) is 12.8. The quantitative estimate of drug-likeness (QED) is 0.339. The van der Waals surface area contributed by atoms with E-state index in [0.29, 0.717) is 12.2 Å². The molecule has 0 radical (unpaired) electrons. The Labute approximate surface area is 214 Å². The Morgan fingerprint density at radius 1 is 0.946 bits per heavy atom. The highest BCUT2D eigenvalue weighted by Gasteiger charge is 2.25. The summed E-state index contributed by atoms with van der Waals surface area (Å²) in [5.74, 6) is 1.82. The second-order valence-electron chi connectivity index (χ2n) is 10.1. The van der Waals surface area contributed by atoms with Crippen molar-refractivity contribution in [2.75, 3.05) is 13.6 Å². The summed E-state index contributed by atoms with van der Waals surface area (Å²) in [6.45, 7) is 2.40. The number of hydrogen-bond acceptors (Lipinski definition) is 5. The van der Waals surface area contributed by atoms with E-state index in [1.165, 1.54) is 19.3 Å². The number of fused-ring (bicyclic) bond motifs is 3. The van der Waals surface area contributed by atoms with Crippen molar-refractivity contribution in [3.8, 4) is 33.6 Å². The molecule has 1 aliphatic carbocycles. The minimum Gasteiger partial charge on any atom is -0.339 e. The van der Waals surface area contributed by atoms with E-state index in [4.69, 9.17) is 0 Å². The normalized spacial score (nSPS) is 15.4. The number of amides is 1. The van der Waals surface area contributed by atoms with Crippen molar-refractivity contribution in [3.05, 3.63) is 73.1 Å². The lowest BCUT2D eigenvalue weighted by Crippen LogP contribution is -2.36. The zero-order chi connectivity index (χ0) is 24.9. The number of hydrogen-bond donors (Lipinski definition) is 0. The number of rotatable bonds is 6. The Morgan fingerprint density at radius 2 is 1.76 bits per heavy atom. The van der Waals surface area contributed by atoms with E-state index in [0.717, 1.165) is 63.7 Å². The standard InChI is InChI=1S/C29H27N7O/c1-34-12-13-36-26(29(34)37)15-25-24(8-10-31-28(25)36)23-14-22(16-30-17-23)20-4-6-21(7-5-20)27-33-32-18-35(27)11-9-19-2-3-19/h4-8,10,14-19H,2-3,9,11-13H2,1H3. The van der Waals surface area contributed by atoms with Crippen molar-refractivity contribution in [2.24, 2.45) is 5.92 Å². The second kappa shape index (κ2) is 8.65. The monoisotopic (exact) mass is 489 g/mol. The number of aromatic nitrogens is 6. The van der Waals surface area contributed by atoms with Gasteiger partial charge in [-0.15, -0.1) is 10.2 Å². The number of likely N-dealkylation sites (N-methyl/N-ethyl adjacent to an activating group) is 1. The van der Waals surface area contributed by atoms with Gasteiger partial charge in [-0.3, -0.25) is 9.78 Å². The number of carbonyl (C=O) groups excluding carboxylic acids is 1. The van der Waals surface area contributed by atoms with Crippen molar-refractivity contribution in [1.29, 1.82) is 0 Å². The van der Waals surface area contributed by atoms with Crippen molar-refractivity contribution in [1.82, 2.24) is 34.2 Å². The smallest absolute Gasteiger partial charge is 0.270 e. The van der Waals surface area contributed by atoms with Crippen LogP contribution in [-0.4, -0.2) is 53.7 Å². The van der Waals surface area contributed by atoms with Crippen LogP contribution in [0.3, 0.4) is 0 Å². The maximum atomic E-state index is 12.7. The SMILES string of the molecule is CN1CCn2c(cc3c(-c4cncc(-c5ccc(-c6nncn6CCC6CC6)cc5)c4)ccnc32)C1=O. The Balaban J connectivity index is 1.21. The minimum absolute atomic E-state index is 0.0329. The van der Waals surface area contributed by atoms with E-state index >= 15 is 0 Å². The summed E-state index contributed by atoms with van der Waals surface area (Å²) >= 11 is 0. The Morgan fingerprint density at radius 3 is 2.59 bits per heavy atom. The van der Waals surface area contributed by atoms with Crippen molar-refractivity contribution in [2.45, 2.75) is 32.4 Å². The van der Waals surface area contributed by atoms with Crippen molar-refractivity contribution < 1.29 is 4.79 Å². The molecule has 2 aliphatic rings. The van der Waals surface area contributed by atoms with Crippen LogP contribution in [0.4, 0.5) is 0 Å². The van der Waals surface area contributed by atoms with Crippen LogP contribution in [-0.2, 0) is 13.1 Å². The molecule has 8 nitrogen and oxygen atoms in total. The molecule has 7 rings (SSSR count). The number of aryl methyl sites for hydroxylation is 1. The van der Waals surface area contributed by atoms with Crippen LogP contribution >= 0.6 is 0 Å². The zero-order valence-electron chi connectivity index (χ0n) is 20.7. The third-order valence-electron chi connectivity index (χ3n) is 7.64. The molecule has 0 bridgehead atoms. The molecule has 0 spiro atoms. The second-order valence-corrected chi connectivity index (χ2v) is 10.1. The molecular weight excluding hydrogens is 462 g/mol. The van der Waals surface area contributed by atoms with Crippen LogP contribution in [0.2, 0.25) is 0 Å². The zero-order valence-corrected chi connectivity index (χ0v) is 20.7. The molecule has 4 aromatic heterocycles. The fourth-order valence-electron chi connectivity index (χ4n) is 5.28. The van der Waals surface area contributed by atoms with Gasteiger partial charge in [-0.1, -0.05) is 37.1 Å². The van der Waals surface area contributed by atoms with Gasteiger partial charge in [0.15, 0.2) is 5.82 Å².